The fourth-order valence-corrected chi connectivity index (χ4v) is 10.3. The highest BCUT2D eigenvalue weighted by molar-refractivity contribution is 6.01. The third-order valence-corrected chi connectivity index (χ3v) is 12.9. The van der Waals surface area contributed by atoms with Gasteiger partial charge in [-0.1, -0.05) is 32.4 Å². The summed E-state index contributed by atoms with van der Waals surface area (Å²) in [5.41, 5.74) is -2.55. The minimum atomic E-state index is -2.32. The Hall–Kier alpha value is -1.70. The van der Waals surface area contributed by atoms with E-state index in [1.807, 2.05) is 13.0 Å². The van der Waals surface area contributed by atoms with Crippen LogP contribution in [0.5, 0.6) is 0 Å². The third-order valence-electron chi connectivity index (χ3n) is 12.9. The summed E-state index contributed by atoms with van der Waals surface area (Å²) in [4.78, 5) is 26.2. The predicted molar refractivity (Wildman–Crippen MR) is 165 cm³/mol. The minimum Gasteiger partial charge on any atom is -0.394 e. The van der Waals surface area contributed by atoms with Crippen molar-refractivity contribution in [1.82, 2.24) is 0 Å². The van der Waals surface area contributed by atoms with Gasteiger partial charge >= 0.3 is 0 Å². The Morgan fingerprint density at radius 1 is 1.02 bits per heavy atom. The van der Waals surface area contributed by atoms with Crippen molar-refractivity contribution in [2.45, 2.75) is 113 Å². The number of hydrogen-bond acceptors (Lipinski definition) is 15. The monoisotopic (exact) mass is 698 g/mol. The summed E-state index contributed by atoms with van der Waals surface area (Å²) in [6.45, 7) is 2.54. The van der Waals surface area contributed by atoms with Gasteiger partial charge in [0.15, 0.2) is 17.9 Å². The van der Waals surface area contributed by atoms with Gasteiger partial charge in [0.1, 0.15) is 61.5 Å². The standard InChI is InChI=1S/C34H50O15/c1-15-8-17-18-5-7-33(45,32(18,3)10-20(39)24(17)31(2)6-4-16(38)9-19(15)31)23(40)13-46-34(14-37)29(44)28(22(12-36)49-34)48-30-27(43)26(42)25(41)21(11-35)47-30/h4,6,9,15,17-18,20-22,24-30,35-37,39,41-45H,5,7-8,10-14H2,1-3H3/t15-,17-,18-,20-,21?,22+,24+,25-,26+,27?,28-,29?,30-,31-,32-,33-,34?/m0/s1. The van der Waals surface area contributed by atoms with Gasteiger partial charge in [-0.3, -0.25) is 9.59 Å². The van der Waals surface area contributed by atoms with E-state index in [0.717, 1.165) is 5.57 Å². The van der Waals surface area contributed by atoms with Crippen LogP contribution in [0.4, 0.5) is 0 Å². The number of rotatable bonds is 9. The van der Waals surface area contributed by atoms with Crippen molar-refractivity contribution >= 4 is 11.6 Å². The largest absolute Gasteiger partial charge is 0.394 e. The van der Waals surface area contributed by atoms with Gasteiger partial charge in [0.2, 0.25) is 5.79 Å². The molecule has 6 rings (SSSR count). The predicted octanol–water partition coefficient (Wildman–Crippen LogP) is -2.55. The van der Waals surface area contributed by atoms with Gasteiger partial charge < -0.3 is 64.9 Å². The lowest BCUT2D eigenvalue weighted by Crippen LogP contribution is -2.63. The molecule has 4 unspecified atom stereocenters. The summed E-state index contributed by atoms with van der Waals surface area (Å²) in [6.07, 6.45) is -7.54. The molecule has 2 saturated heterocycles. The second-order valence-electron chi connectivity index (χ2n) is 15.4. The molecule has 0 amide bonds. The first-order valence-corrected chi connectivity index (χ1v) is 17.1. The Bertz CT molecular complexity index is 1350. The van der Waals surface area contributed by atoms with Crippen LogP contribution in [-0.2, 0) is 28.5 Å². The highest BCUT2D eigenvalue weighted by Crippen LogP contribution is 2.67. The quantitative estimate of drug-likeness (QED) is 0.120. The fourth-order valence-electron chi connectivity index (χ4n) is 10.3. The van der Waals surface area contributed by atoms with Crippen molar-refractivity contribution in [3.8, 4) is 0 Å². The molecule has 15 nitrogen and oxygen atoms in total. The van der Waals surface area contributed by atoms with Crippen LogP contribution in [0.25, 0.3) is 0 Å². The molecule has 0 aromatic heterocycles. The molecule has 0 bridgehead atoms. The Labute approximate surface area is 283 Å². The number of fused-ring (bicyclic) bond motifs is 5. The first kappa shape index (κ1) is 37.1. The lowest BCUT2D eigenvalue weighted by atomic mass is 9.45. The molecule has 0 aromatic rings. The lowest BCUT2D eigenvalue weighted by molar-refractivity contribution is -0.319. The van der Waals surface area contributed by atoms with Crippen molar-refractivity contribution in [3.05, 3.63) is 23.8 Å². The van der Waals surface area contributed by atoms with Crippen LogP contribution >= 0.6 is 0 Å². The molecular weight excluding hydrogens is 648 g/mol. The molecule has 276 valence electrons. The molecule has 49 heavy (non-hydrogen) atoms. The second-order valence-corrected chi connectivity index (χ2v) is 15.4. The first-order valence-electron chi connectivity index (χ1n) is 17.1. The van der Waals surface area contributed by atoms with E-state index >= 15 is 0 Å². The molecule has 3 saturated carbocycles. The van der Waals surface area contributed by atoms with Crippen molar-refractivity contribution in [2.24, 2.45) is 34.5 Å². The number of ketones is 2. The van der Waals surface area contributed by atoms with Gasteiger partial charge in [0, 0.05) is 16.7 Å². The van der Waals surface area contributed by atoms with Gasteiger partial charge in [0.25, 0.3) is 0 Å². The Balaban J connectivity index is 1.18. The molecule has 15 heteroatoms. The van der Waals surface area contributed by atoms with E-state index in [9.17, 15) is 55.5 Å². The molecule has 17 atom stereocenters. The second kappa shape index (κ2) is 13.1. The van der Waals surface area contributed by atoms with Gasteiger partial charge in [-0.2, -0.15) is 0 Å². The van der Waals surface area contributed by atoms with Crippen LogP contribution in [0, 0.1) is 34.5 Å². The number of allylic oxidation sites excluding steroid dienone is 4. The van der Waals surface area contributed by atoms with Gasteiger partial charge in [0.05, 0.1) is 19.3 Å². The summed E-state index contributed by atoms with van der Waals surface area (Å²) in [5, 5.41) is 95.7. The third kappa shape index (κ3) is 5.52. The number of carbonyl (C=O) groups excluding carboxylic acids is 2. The number of carbonyl (C=O) groups is 2. The number of aliphatic hydroxyl groups is 9. The topological polar surface area (TPSA) is 253 Å². The maximum atomic E-state index is 14.0. The van der Waals surface area contributed by atoms with Crippen molar-refractivity contribution < 1.29 is 74.5 Å². The molecule has 5 fully saturated rings. The summed E-state index contributed by atoms with van der Waals surface area (Å²) < 4.78 is 22.5. The van der Waals surface area contributed by atoms with E-state index in [1.54, 1.807) is 19.1 Å². The maximum absolute atomic E-state index is 14.0. The fraction of sp³-hybridized carbons (Fsp3) is 0.824. The number of ether oxygens (including phenoxy) is 4. The summed E-state index contributed by atoms with van der Waals surface area (Å²) in [7, 11) is 0. The number of aliphatic hydroxyl groups excluding tert-OH is 8. The smallest absolute Gasteiger partial charge is 0.222 e. The minimum absolute atomic E-state index is 0.0467. The number of Topliss-reactive ketones (excluding diaryl/α,β-unsaturated/α-hetero) is 1. The highest BCUT2D eigenvalue weighted by Gasteiger charge is 2.69. The van der Waals surface area contributed by atoms with E-state index < -0.39 is 110 Å². The van der Waals surface area contributed by atoms with Crippen LogP contribution in [0.2, 0.25) is 0 Å². The summed E-state index contributed by atoms with van der Waals surface area (Å²) >= 11 is 0. The van der Waals surface area contributed by atoms with E-state index in [2.05, 4.69) is 6.92 Å². The zero-order valence-electron chi connectivity index (χ0n) is 27.9. The number of hydrogen-bond donors (Lipinski definition) is 9. The molecule has 0 spiro atoms. The normalized spacial score (nSPS) is 52.4. The van der Waals surface area contributed by atoms with E-state index in [0.29, 0.717) is 12.8 Å². The van der Waals surface area contributed by atoms with Gasteiger partial charge in [-0.15, -0.1) is 0 Å². The Kier molecular flexibility index (Phi) is 9.88. The molecule has 2 aliphatic heterocycles. The SMILES string of the molecule is C[C@H]1C[C@@H]2[C@H]([C@@H](O)C[C@@]3(C)[C@H]2CC[C@]3(O)C(=O)COC2(CO)O[C@H](CO)[C@H](O[C@@H]3OC(CO)[C@H](O)[C@@H](O)C3O)C2O)[C@@]2(C)C=CC(=O)C=C12. The van der Waals surface area contributed by atoms with Gasteiger partial charge in [-0.05, 0) is 55.6 Å². The molecule has 6 aliphatic rings. The first-order chi connectivity index (χ1) is 23.0. The zero-order chi connectivity index (χ0) is 35.8. The van der Waals surface area contributed by atoms with Crippen LogP contribution in [0.3, 0.4) is 0 Å². The maximum Gasteiger partial charge on any atom is 0.222 e. The molecule has 9 N–H and O–H groups in total. The van der Waals surface area contributed by atoms with Gasteiger partial charge in [-0.25, -0.2) is 0 Å². The molecule has 2 heterocycles. The van der Waals surface area contributed by atoms with Crippen molar-refractivity contribution in [2.75, 3.05) is 26.4 Å². The van der Waals surface area contributed by atoms with E-state index in [-0.39, 0.29) is 42.3 Å². The molecule has 0 aromatic carbocycles. The molecular formula is C34H50O15. The van der Waals surface area contributed by atoms with E-state index in [1.165, 1.54) is 0 Å². The van der Waals surface area contributed by atoms with Crippen molar-refractivity contribution in [3.63, 3.8) is 0 Å². The van der Waals surface area contributed by atoms with Crippen LogP contribution in [0.15, 0.2) is 23.8 Å². The van der Waals surface area contributed by atoms with Crippen LogP contribution in [-0.4, -0.2) is 150 Å². The summed E-state index contributed by atoms with van der Waals surface area (Å²) in [5.74, 6) is -3.52. The Morgan fingerprint density at radius 3 is 2.37 bits per heavy atom. The van der Waals surface area contributed by atoms with Crippen LogP contribution < -0.4 is 0 Å². The molecule has 0 radical (unpaired) electrons. The van der Waals surface area contributed by atoms with E-state index in [4.69, 9.17) is 18.9 Å². The van der Waals surface area contributed by atoms with Crippen LogP contribution in [0.1, 0.15) is 46.5 Å². The highest BCUT2D eigenvalue weighted by atomic mass is 16.8. The average Bonchev–Trinajstić information content (AvgIpc) is 3.50. The average molecular weight is 699 g/mol. The lowest BCUT2D eigenvalue weighted by Gasteiger charge is -2.60. The summed E-state index contributed by atoms with van der Waals surface area (Å²) in [6, 6.07) is 0. The zero-order valence-corrected chi connectivity index (χ0v) is 27.9. The van der Waals surface area contributed by atoms with Crippen molar-refractivity contribution in [1.29, 1.82) is 0 Å². The molecule has 4 aliphatic carbocycles. The Morgan fingerprint density at radius 2 is 1.71 bits per heavy atom.